The predicted octanol–water partition coefficient (Wildman–Crippen LogP) is 1.24. The van der Waals surface area contributed by atoms with Crippen molar-refractivity contribution in [3.05, 3.63) is 0 Å². The van der Waals surface area contributed by atoms with Crippen LogP contribution in [-0.4, -0.2) is 36.5 Å². The first-order chi connectivity index (χ1) is 6.65. The van der Waals surface area contributed by atoms with Crippen LogP contribution in [-0.2, 0) is 4.79 Å². The molecule has 1 aliphatic heterocycles. The molecule has 2 atom stereocenters. The second-order valence-corrected chi connectivity index (χ2v) is 4.37. The SMILES string of the molecule is CCCCN1CC(C)CNC(C)C1=O. The van der Waals surface area contributed by atoms with Gasteiger partial charge in [-0.1, -0.05) is 20.3 Å². The third-order valence-electron chi connectivity index (χ3n) is 2.77. The van der Waals surface area contributed by atoms with Gasteiger partial charge in [0.25, 0.3) is 0 Å². The lowest BCUT2D eigenvalue weighted by atomic mass is 10.1. The first kappa shape index (κ1) is 11.5. The molecule has 0 aromatic carbocycles. The minimum absolute atomic E-state index is 0.00296. The number of hydrogen-bond acceptors (Lipinski definition) is 2. The standard InChI is InChI=1S/C11H22N2O/c1-4-5-6-13-8-9(2)7-12-10(3)11(13)14/h9-10,12H,4-8H2,1-3H3. The van der Waals surface area contributed by atoms with Gasteiger partial charge < -0.3 is 10.2 Å². The molecule has 0 aromatic heterocycles. The average Bonchev–Trinajstić information content (AvgIpc) is 2.29. The molecule has 1 saturated heterocycles. The number of carbonyl (C=O) groups excluding carboxylic acids is 1. The number of rotatable bonds is 3. The monoisotopic (exact) mass is 198 g/mol. The van der Waals surface area contributed by atoms with Crippen LogP contribution < -0.4 is 5.32 Å². The highest BCUT2D eigenvalue weighted by molar-refractivity contribution is 5.81. The van der Waals surface area contributed by atoms with Crippen LogP contribution in [0, 0.1) is 5.92 Å². The maximum absolute atomic E-state index is 11.9. The second kappa shape index (κ2) is 5.35. The van der Waals surface area contributed by atoms with E-state index in [1.807, 2.05) is 11.8 Å². The van der Waals surface area contributed by atoms with E-state index in [4.69, 9.17) is 0 Å². The Labute approximate surface area is 86.9 Å². The van der Waals surface area contributed by atoms with Gasteiger partial charge in [-0.05, 0) is 19.3 Å². The summed E-state index contributed by atoms with van der Waals surface area (Å²) in [7, 11) is 0. The Balaban J connectivity index is 2.54. The molecule has 14 heavy (non-hydrogen) atoms. The van der Waals surface area contributed by atoms with E-state index in [0.717, 1.165) is 32.5 Å². The summed E-state index contributed by atoms with van der Waals surface area (Å²) >= 11 is 0. The predicted molar refractivity (Wildman–Crippen MR) is 58.1 cm³/mol. The van der Waals surface area contributed by atoms with Crippen LogP contribution in [0.15, 0.2) is 0 Å². The van der Waals surface area contributed by atoms with Gasteiger partial charge in [-0.3, -0.25) is 4.79 Å². The smallest absolute Gasteiger partial charge is 0.239 e. The summed E-state index contributed by atoms with van der Waals surface area (Å²) in [6.07, 6.45) is 2.27. The van der Waals surface area contributed by atoms with Crippen molar-refractivity contribution in [1.29, 1.82) is 0 Å². The quantitative estimate of drug-likeness (QED) is 0.740. The van der Waals surface area contributed by atoms with Crippen LogP contribution in [0.3, 0.4) is 0 Å². The summed E-state index contributed by atoms with van der Waals surface area (Å²) in [4.78, 5) is 13.9. The van der Waals surface area contributed by atoms with E-state index < -0.39 is 0 Å². The first-order valence-corrected chi connectivity index (χ1v) is 5.67. The van der Waals surface area contributed by atoms with E-state index in [0.29, 0.717) is 5.92 Å². The third kappa shape index (κ3) is 2.98. The molecule has 1 fully saturated rings. The lowest BCUT2D eigenvalue weighted by molar-refractivity contribution is -0.132. The Bertz CT molecular complexity index is 194. The molecular formula is C11H22N2O. The lowest BCUT2D eigenvalue weighted by Crippen LogP contribution is -2.42. The molecule has 1 amide bonds. The normalized spacial score (nSPS) is 29.1. The number of unbranched alkanes of at least 4 members (excludes halogenated alkanes) is 1. The number of nitrogens with one attached hydrogen (secondary N) is 1. The topological polar surface area (TPSA) is 32.3 Å². The summed E-state index contributed by atoms with van der Waals surface area (Å²) in [5, 5.41) is 3.26. The van der Waals surface area contributed by atoms with Crippen LogP contribution >= 0.6 is 0 Å². The largest absolute Gasteiger partial charge is 0.341 e. The number of hydrogen-bond donors (Lipinski definition) is 1. The molecule has 3 heteroatoms. The van der Waals surface area contributed by atoms with E-state index in [2.05, 4.69) is 19.2 Å². The maximum atomic E-state index is 11.9. The van der Waals surface area contributed by atoms with Gasteiger partial charge in [0.1, 0.15) is 0 Å². The van der Waals surface area contributed by atoms with Crippen LogP contribution in [0.2, 0.25) is 0 Å². The molecule has 0 saturated carbocycles. The Morgan fingerprint density at radius 3 is 2.86 bits per heavy atom. The Morgan fingerprint density at radius 1 is 1.50 bits per heavy atom. The van der Waals surface area contributed by atoms with Crippen molar-refractivity contribution in [2.75, 3.05) is 19.6 Å². The average molecular weight is 198 g/mol. The fraction of sp³-hybridized carbons (Fsp3) is 0.909. The van der Waals surface area contributed by atoms with E-state index in [9.17, 15) is 4.79 Å². The molecule has 1 rings (SSSR count). The molecule has 82 valence electrons. The Kier molecular flexibility index (Phi) is 4.39. The number of nitrogens with zero attached hydrogens (tertiary/aromatic N) is 1. The maximum Gasteiger partial charge on any atom is 0.239 e. The zero-order chi connectivity index (χ0) is 10.6. The van der Waals surface area contributed by atoms with Crippen molar-refractivity contribution in [2.24, 2.45) is 5.92 Å². The van der Waals surface area contributed by atoms with Crippen molar-refractivity contribution < 1.29 is 4.79 Å². The highest BCUT2D eigenvalue weighted by Crippen LogP contribution is 2.08. The number of amides is 1. The summed E-state index contributed by atoms with van der Waals surface area (Å²) in [6.45, 7) is 9.10. The zero-order valence-corrected chi connectivity index (χ0v) is 9.55. The van der Waals surface area contributed by atoms with Gasteiger partial charge in [0.15, 0.2) is 0 Å². The first-order valence-electron chi connectivity index (χ1n) is 5.67. The van der Waals surface area contributed by atoms with Gasteiger partial charge >= 0.3 is 0 Å². The van der Waals surface area contributed by atoms with Gasteiger partial charge in [-0.15, -0.1) is 0 Å². The number of carbonyl (C=O) groups is 1. The molecule has 1 aliphatic rings. The molecule has 2 unspecified atom stereocenters. The third-order valence-corrected chi connectivity index (χ3v) is 2.77. The molecular weight excluding hydrogens is 176 g/mol. The Hall–Kier alpha value is -0.570. The van der Waals surface area contributed by atoms with E-state index in [-0.39, 0.29) is 11.9 Å². The molecule has 1 N–H and O–H groups in total. The molecule has 0 spiro atoms. The van der Waals surface area contributed by atoms with Gasteiger partial charge in [0, 0.05) is 19.6 Å². The minimum atomic E-state index is -0.00296. The van der Waals surface area contributed by atoms with Crippen molar-refractivity contribution in [2.45, 2.75) is 39.7 Å². The Morgan fingerprint density at radius 2 is 2.21 bits per heavy atom. The van der Waals surface area contributed by atoms with Crippen molar-refractivity contribution in [3.8, 4) is 0 Å². The van der Waals surface area contributed by atoms with Gasteiger partial charge in [0.2, 0.25) is 5.91 Å². The van der Waals surface area contributed by atoms with E-state index in [1.54, 1.807) is 0 Å². The zero-order valence-electron chi connectivity index (χ0n) is 9.55. The molecule has 0 radical (unpaired) electrons. The van der Waals surface area contributed by atoms with Crippen LogP contribution in [0.4, 0.5) is 0 Å². The van der Waals surface area contributed by atoms with Crippen LogP contribution in [0.25, 0.3) is 0 Å². The molecule has 0 aliphatic carbocycles. The van der Waals surface area contributed by atoms with Crippen LogP contribution in [0.5, 0.6) is 0 Å². The van der Waals surface area contributed by atoms with Gasteiger partial charge in [-0.2, -0.15) is 0 Å². The molecule has 1 heterocycles. The van der Waals surface area contributed by atoms with Crippen molar-refractivity contribution in [1.82, 2.24) is 10.2 Å². The molecule has 0 aromatic rings. The van der Waals surface area contributed by atoms with Gasteiger partial charge in [0.05, 0.1) is 6.04 Å². The van der Waals surface area contributed by atoms with E-state index in [1.165, 1.54) is 0 Å². The summed E-state index contributed by atoms with van der Waals surface area (Å²) in [5.74, 6) is 0.837. The van der Waals surface area contributed by atoms with Crippen molar-refractivity contribution in [3.63, 3.8) is 0 Å². The van der Waals surface area contributed by atoms with Gasteiger partial charge in [-0.25, -0.2) is 0 Å². The highest BCUT2D eigenvalue weighted by atomic mass is 16.2. The fourth-order valence-electron chi connectivity index (χ4n) is 1.82. The second-order valence-electron chi connectivity index (χ2n) is 4.37. The molecule has 3 nitrogen and oxygen atoms in total. The lowest BCUT2D eigenvalue weighted by Gasteiger charge is -2.23. The van der Waals surface area contributed by atoms with Crippen LogP contribution in [0.1, 0.15) is 33.6 Å². The fourth-order valence-corrected chi connectivity index (χ4v) is 1.82. The van der Waals surface area contributed by atoms with E-state index >= 15 is 0 Å². The summed E-state index contributed by atoms with van der Waals surface area (Å²) in [5.41, 5.74) is 0. The van der Waals surface area contributed by atoms with Crippen molar-refractivity contribution >= 4 is 5.91 Å². The minimum Gasteiger partial charge on any atom is -0.341 e. The highest BCUT2D eigenvalue weighted by Gasteiger charge is 2.25. The summed E-state index contributed by atoms with van der Waals surface area (Å²) in [6, 6.07) is -0.00296. The molecule has 0 bridgehead atoms. The summed E-state index contributed by atoms with van der Waals surface area (Å²) < 4.78 is 0.